The van der Waals surface area contributed by atoms with Crippen molar-refractivity contribution >= 4 is 15.9 Å². The van der Waals surface area contributed by atoms with E-state index in [0.717, 1.165) is 35.0 Å². The molecule has 3 atom stereocenters. The third kappa shape index (κ3) is 2.12. The van der Waals surface area contributed by atoms with Crippen LogP contribution in [0.1, 0.15) is 29.5 Å². The highest BCUT2D eigenvalue weighted by molar-refractivity contribution is 9.10. The lowest BCUT2D eigenvalue weighted by molar-refractivity contribution is -0.148. The van der Waals surface area contributed by atoms with Gasteiger partial charge in [0.15, 0.2) is 5.60 Å². The first-order valence-corrected chi connectivity index (χ1v) is 11.4. The Hall–Kier alpha value is -2.36. The largest absolute Gasteiger partial charge is 0.483 e. The van der Waals surface area contributed by atoms with E-state index in [1.807, 2.05) is 6.26 Å². The van der Waals surface area contributed by atoms with Gasteiger partial charge in [-0.25, -0.2) is 0 Å². The van der Waals surface area contributed by atoms with Gasteiger partial charge in [0.05, 0.1) is 11.7 Å². The highest BCUT2D eigenvalue weighted by Gasteiger charge is 2.87. The van der Waals surface area contributed by atoms with Crippen LogP contribution in [0.3, 0.4) is 0 Å². The summed E-state index contributed by atoms with van der Waals surface area (Å²) >= 11 is 3.60. The van der Waals surface area contributed by atoms with E-state index in [9.17, 15) is 0 Å². The molecule has 0 bridgehead atoms. The normalized spacial score (nSPS) is 30.6. The summed E-state index contributed by atoms with van der Waals surface area (Å²) in [7, 11) is 0. The lowest BCUT2D eigenvalue weighted by Gasteiger charge is -2.46. The zero-order valence-corrected chi connectivity index (χ0v) is 18.2. The second-order valence-corrected chi connectivity index (χ2v) is 9.40. The molecular formula is C27H23BrO2. The van der Waals surface area contributed by atoms with Gasteiger partial charge in [-0.15, -0.1) is 0 Å². The van der Waals surface area contributed by atoms with Crippen molar-refractivity contribution in [3.05, 3.63) is 118 Å². The SMILES string of the molecule is Brc1ccc([C@]23C=COC(c4ccccc4)(c4ccccc4)[C@]24OCCC[C@H]34)cc1. The number of benzene rings is 3. The van der Waals surface area contributed by atoms with Crippen LogP contribution in [0.15, 0.2) is 102 Å². The van der Waals surface area contributed by atoms with E-state index in [-0.39, 0.29) is 5.41 Å². The van der Waals surface area contributed by atoms with Crippen molar-refractivity contribution < 1.29 is 9.47 Å². The van der Waals surface area contributed by atoms with Gasteiger partial charge in [-0.2, -0.15) is 0 Å². The molecule has 1 saturated heterocycles. The Morgan fingerprint density at radius 1 is 0.767 bits per heavy atom. The van der Waals surface area contributed by atoms with Gasteiger partial charge in [-0.3, -0.25) is 0 Å². The molecule has 30 heavy (non-hydrogen) atoms. The van der Waals surface area contributed by atoms with Crippen LogP contribution in [-0.4, -0.2) is 12.2 Å². The van der Waals surface area contributed by atoms with Crippen molar-refractivity contribution in [2.45, 2.75) is 29.5 Å². The summed E-state index contributed by atoms with van der Waals surface area (Å²) in [6.07, 6.45) is 6.40. The van der Waals surface area contributed by atoms with Gasteiger partial charge < -0.3 is 9.47 Å². The van der Waals surface area contributed by atoms with Crippen LogP contribution in [0, 0.1) is 5.92 Å². The van der Waals surface area contributed by atoms with Crippen molar-refractivity contribution in [2.24, 2.45) is 5.92 Å². The Labute approximate surface area is 185 Å². The molecular weight excluding hydrogens is 436 g/mol. The molecule has 0 aromatic heterocycles. The summed E-state index contributed by atoms with van der Waals surface area (Å²) in [4.78, 5) is 0. The fraction of sp³-hybridized carbons (Fsp3) is 0.259. The van der Waals surface area contributed by atoms with Crippen LogP contribution in [0.2, 0.25) is 0 Å². The molecule has 1 spiro atoms. The summed E-state index contributed by atoms with van der Waals surface area (Å²) in [6.45, 7) is 0.757. The fourth-order valence-electron chi connectivity index (χ4n) is 6.24. The van der Waals surface area contributed by atoms with Crippen LogP contribution in [0.4, 0.5) is 0 Å². The van der Waals surface area contributed by atoms with E-state index in [2.05, 4.69) is 107 Å². The summed E-state index contributed by atoms with van der Waals surface area (Å²) < 4.78 is 14.7. The quantitative estimate of drug-likeness (QED) is 0.454. The topological polar surface area (TPSA) is 18.5 Å². The van der Waals surface area contributed by atoms with E-state index in [1.165, 1.54) is 5.56 Å². The van der Waals surface area contributed by atoms with Crippen LogP contribution < -0.4 is 0 Å². The molecule has 2 aliphatic heterocycles. The Morgan fingerprint density at radius 2 is 1.40 bits per heavy atom. The third-order valence-corrected chi connectivity index (χ3v) is 7.85. The predicted molar refractivity (Wildman–Crippen MR) is 121 cm³/mol. The highest BCUT2D eigenvalue weighted by atomic mass is 79.9. The lowest BCUT2D eigenvalue weighted by Crippen LogP contribution is -2.53. The first kappa shape index (κ1) is 18.4. The molecule has 2 fully saturated rings. The summed E-state index contributed by atoms with van der Waals surface area (Å²) in [5, 5.41) is 0. The Kier molecular flexibility index (Phi) is 4.03. The van der Waals surface area contributed by atoms with Gasteiger partial charge >= 0.3 is 0 Å². The minimum Gasteiger partial charge on any atom is -0.483 e. The summed E-state index contributed by atoms with van der Waals surface area (Å²) in [6, 6.07) is 30.0. The molecule has 1 aliphatic carbocycles. The molecule has 2 nitrogen and oxygen atoms in total. The van der Waals surface area contributed by atoms with Crippen molar-refractivity contribution in [2.75, 3.05) is 6.61 Å². The third-order valence-electron chi connectivity index (χ3n) is 7.32. The molecule has 0 radical (unpaired) electrons. The van der Waals surface area contributed by atoms with Gasteiger partial charge in [-0.1, -0.05) is 88.7 Å². The molecule has 0 unspecified atom stereocenters. The van der Waals surface area contributed by atoms with Gasteiger partial charge in [0.25, 0.3) is 0 Å². The molecule has 0 N–H and O–H groups in total. The Bertz CT molecular complexity index is 1050. The zero-order chi connectivity index (χ0) is 20.2. The van der Waals surface area contributed by atoms with E-state index in [1.54, 1.807) is 0 Å². The molecule has 0 amide bonds. The average molecular weight is 459 g/mol. The number of halogens is 1. The monoisotopic (exact) mass is 458 g/mol. The number of fused-ring (bicyclic) bond motifs is 1. The minimum absolute atomic E-state index is 0.200. The van der Waals surface area contributed by atoms with Crippen molar-refractivity contribution in [1.82, 2.24) is 0 Å². The first-order valence-electron chi connectivity index (χ1n) is 10.6. The first-order chi connectivity index (χ1) is 14.8. The van der Waals surface area contributed by atoms with Gasteiger partial charge in [0.2, 0.25) is 0 Å². The van der Waals surface area contributed by atoms with E-state index in [0.29, 0.717) is 5.92 Å². The van der Waals surface area contributed by atoms with Crippen molar-refractivity contribution in [3.8, 4) is 0 Å². The lowest BCUT2D eigenvalue weighted by atomic mass is 9.73. The van der Waals surface area contributed by atoms with Crippen LogP contribution in [0.25, 0.3) is 0 Å². The molecule has 6 rings (SSSR count). The maximum Gasteiger partial charge on any atom is 0.188 e. The Balaban J connectivity index is 1.66. The number of rotatable bonds is 3. The van der Waals surface area contributed by atoms with E-state index in [4.69, 9.17) is 9.47 Å². The molecule has 3 aliphatic rings. The highest BCUT2D eigenvalue weighted by Crippen LogP contribution is 2.78. The van der Waals surface area contributed by atoms with Crippen LogP contribution in [-0.2, 0) is 20.5 Å². The van der Waals surface area contributed by atoms with Crippen LogP contribution >= 0.6 is 15.9 Å². The van der Waals surface area contributed by atoms with Gasteiger partial charge in [0, 0.05) is 28.1 Å². The van der Waals surface area contributed by atoms with Gasteiger partial charge in [0.1, 0.15) is 5.60 Å². The predicted octanol–water partition coefficient (Wildman–Crippen LogP) is 6.35. The molecule has 2 heterocycles. The maximum absolute atomic E-state index is 6.87. The smallest absolute Gasteiger partial charge is 0.188 e. The maximum atomic E-state index is 6.87. The number of hydrogen-bond acceptors (Lipinski definition) is 2. The molecule has 3 aromatic rings. The second kappa shape index (κ2) is 6.57. The molecule has 150 valence electrons. The number of ether oxygens (including phenoxy) is 2. The summed E-state index contributed by atoms with van der Waals surface area (Å²) in [5.41, 5.74) is 2.23. The van der Waals surface area contributed by atoms with Crippen molar-refractivity contribution in [1.29, 1.82) is 0 Å². The molecule has 3 aromatic carbocycles. The van der Waals surface area contributed by atoms with E-state index >= 15 is 0 Å². The zero-order valence-electron chi connectivity index (χ0n) is 16.6. The number of hydrogen-bond donors (Lipinski definition) is 0. The Morgan fingerprint density at radius 3 is 2.03 bits per heavy atom. The minimum atomic E-state index is -0.692. The molecule has 3 heteroatoms. The standard InChI is InChI=1S/C27H23BrO2/c28-23-15-13-20(14-16-23)25-17-19-29-26(21-8-3-1-4-9-21,22-10-5-2-6-11-22)27(25)24(25)12-7-18-30-27/h1-6,8-11,13-17,19,24H,7,12,18H2/t24-,25+,27-/m1/s1. The van der Waals surface area contributed by atoms with Crippen LogP contribution in [0.5, 0.6) is 0 Å². The molecule has 1 saturated carbocycles. The summed E-state index contributed by atoms with van der Waals surface area (Å²) in [5.74, 6) is 0.360. The van der Waals surface area contributed by atoms with E-state index < -0.39 is 11.2 Å². The second-order valence-electron chi connectivity index (χ2n) is 8.49. The average Bonchev–Trinajstić information content (AvgIpc) is 3.45. The van der Waals surface area contributed by atoms with Crippen molar-refractivity contribution in [3.63, 3.8) is 0 Å². The van der Waals surface area contributed by atoms with Gasteiger partial charge in [-0.05, 0) is 36.6 Å². The fourth-order valence-corrected chi connectivity index (χ4v) is 6.51.